The molecular weight excluding hydrogens is 310 g/mol. The third-order valence-electron chi connectivity index (χ3n) is 2.77. The lowest BCUT2D eigenvalue weighted by Gasteiger charge is -2.16. The smallest absolute Gasteiger partial charge is 0.365 e. The highest BCUT2D eigenvalue weighted by atomic mass is 35.5. The normalized spacial score (nSPS) is 12.1. The molecule has 0 aliphatic heterocycles. The van der Waals surface area contributed by atoms with Crippen molar-refractivity contribution >= 4 is 28.3 Å². The molecule has 114 valence electrons. The first-order chi connectivity index (χ1) is 9.86. The molecule has 0 atom stereocenters. The van der Waals surface area contributed by atoms with E-state index >= 15 is 0 Å². The summed E-state index contributed by atoms with van der Waals surface area (Å²) < 4.78 is 51.9. The number of anilines is 1. The van der Waals surface area contributed by atoms with Crippen LogP contribution in [0.1, 0.15) is 19.2 Å². The average Bonchev–Trinajstić information content (AvgIpc) is 2.44. The quantitative estimate of drug-likeness (QED) is 0.826. The molecule has 1 aromatic carbocycles. The molecule has 1 N–H and O–H groups in total. The Labute approximate surface area is 123 Å². The van der Waals surface area contributed by atoms with E-state index in [0.717, 1.165) is 0 Å². The Morgan fingerprint density at radius 3 is 2.62 bits per heavy atom. The van der Waals surface area contributed by atoms with E-state index < -0.39 is 18.2 Å². The van der Waals surface area contributed by atoms with E-state index in [1.165, 1.54) is 18.2 Å². The summed E-state index contributed by atoms with van der Waals surface area (Å²) in [6.07, 6.45) is -3.16. The number of halogens is 5. The number of fused-ring (bicyclic) bond motifs is 1. The fourth-order valence-corrected chi connectivity index (χ4v) is 1.90. The zero-order valence-electron chi connectivity index (χ0n) is 11.0. The van der Waals surface area contributed by atoms with Gasteiger partial charge >= 0.3 is 12.3 Å². The molecule has 0 spiro atoms. The van der Waals surface area contributed by atoms with Gasteiger partial charge in [-0.2, -0.15) is 8.78 Å². The summed E-state index contributed by atoms with van der Waals surface area (Å²) in [5.74, 6) is -5.54. The number of alkyl halides is 4. The molecule has 1 heterocycles. The summed E-state index contributed by atoms with van der Waals surface area (Å²) in [5, 5.41) is 3.61. The highest BCUT2D eigenvalue weighted by Crippen LogP contribution is 2.35. The van der Waals surface area contributed by atoms with Crippen molar-refractivity contribution in [1.29, 1.82) is 0 Å². The minimum absolute atomic E-state index is 0.0691. The second-order valence-corrected chi connectivity index (χ2v) is 4.84. The van der Waals surface area contributed by atoms with Crippen LogP contribution < -0.4 is 5.32 Å². The van der Waals surface area contributed by atoms with Crippen molar-refractivity contribution in [3.05, 3.63) is 29.0 Å². The standard InChI is InChI=1S/C13H12ClF4N3/c1-2-5-19-10-8-6-7(14)3-4-9(8)20-12(21-10)13(17,18)11(15)16/h3-4,6,11H,2,5H2,1H3,(H,19,20,21). The van der Waals surface area contributed by atoms with Gasteiger partial charge in [-0.05, 0) is 24.6 Å². The second-order valence-electron chi connectivity index (χ2n) is 4.41. The zero-order valence-corrected chi connectivity index (χ0v) is 11.8. The summed E-state index contributed by atoms with van der Waals surface area (Å²) in [6.45, 7) is 2.33. The van der Waals surface area contributed by atoms with Crippen LogP contribution in [0.3, 0.4) is 0 Å². The van der Waals surface area contributed by atoms with Crippen molar-refractivity contribution in [1.82, 2.24) is 9.97 Å². The van der Waals surface area contributed by atoms with Crippen LogP contribution >= 0.6 is 11.6 Å². The molecule has 0 aliphatic carbocycles. The highest BCUT2D eigenvalue weighted by molar-refractivity contribution is 6.31. The number of nitrogens with one attached hydrogen (secondary N) is 1. The lowest BCUT2D eigenvalue weighted by molar-refractivity contribution is -0.140. The monoisotopic (exact) mass is 321 g/mol. The SMILES string of the molecule is CCCNc1nc(C(F)(F)C(F)F)nc2ccc(Cl)cc12. The van der Waals surface area contributed by atoms with E-state index in [1.54, 1.807) is 0 Å². The van der Waals surface area contributed by atoms with Gasteiger partial charge in [0.05, 0.1) is 5.52 Å². The largest absolute Gasteiger partial charge is 0.369 e. The first-order valence-corrected chi connectivity index (χ1v) is 6.61. The minimum atomic E-state index is -4.41. The van der Waals surface area contributed by atoms with Crippen molar-refractivity contribution in [3.8, 4) is 0 Å². The molecule has 0 radical (unpaired) electrons. The Kier molecular flexibility index (Phi) is 4.51. The summed E-state index contributed by atoms with van der Waals surface area (Å²) >= 11 is 5.85. The predicted octanol–water partition coefficient (Wildman–Crippen LogP) is 4.46. The van der Waals surface area contributed by atoms with E-state index in [1.807, 2.05) is 6.92 Å². The molecule has 0 amide bonds. The average molecular weight is 322 g/mol. The lowest BCUT2D eigenvalue weighted by Crippen LogP contribution is -2.27. The lowest BCUT2D eigenvalue weighted by atomic mass is 10.2. The van der Waals surface area contributed by atoms with Crippen molar-refractivity contribution in [2.24, 2.45) is 0 Å². The second kappa shape index (κ2) is 6.01. The molecule has 1 aromatic heterocycles. The molecule has 2 aromatic rings. The number of nitrogens with zero attached hydrogens (tertiary/aromatic N) is 2. The van der Waals surface area contributed by atoms with Crippen LogP contribution in [0.5, 0.6) is 0 Å². The summed E-state index contributed by atoms with van der Waals surface area (Å²) in [4.78, 5) is 7.10. The van der Waals surface area contributed by atoms with Crippen molar-refractivity contribution in [3.63, 3.8) is 0 Å². The fourth-order valence-electron chi connectivity index (χ4n) is 1.73. The zero-order chi connectivity index (χ0) is 15.6. The Balaban J connectivity index is 2.62. The van der Waals surface area contributed by atoms with Gasteiger partial charge in [-0.3, -0.25) is 0 Å². The maximum Gasteiger partial charge on any atom is 0.365 e. The van der Waals surface area contributed by atoms with E-state index in [2.05, 4.69) is 15.3 Å². The Morgan fingerprint density at radius 1 is 1.29 bits per heavy atom. The third-order valence-corrected chi connectivity index (χ3v) is 3.01. The maximum absolute atomic E-state index is 13.5. The van der Waals surface area contributed by atoms with Crippen LogP contribution in [0, 0.1) is 0 Å². The molecule has 3 nitrogen and oxygen atoms in total. The maximum atomic E-state index is 13.5. The molecule has 0 aliphatic rings. The fraction of sp³-hybridized carbons (Fsp3) is 0.385. The van der Waals surface area contributed by atoms with Crippen molar-refractivity contribution in [2.75, 3.05) is 11.9 Å². The molecule has 0 saturated carbocycles. The molecular formula is C13H12ClF4N3. The van der Waals surface area contributed by atoms with E-state index in [9.17, 15) is 17.6 Å². The van der Waals surface area contributed by atoms with Crippen LogP contribution in [0.4, 0.5) is 23.4 Å². The summed E-state index contributed by atoms with van der Waals surface area (Å²) in [6, 6.07) is 4.34. The van der Waals surface area contributed by atoms with Gasteiger partial charge in [0.25, 0.3) is 0 Å². The Hall–Kier alpha value is -1.63. The van der Waals surface area contributed by atoms with Crippen molar-refractivity contribution < 1.29 is 17.6 Å². The van der Waals surface area contributed by atoms with Gasteiger partial charge in [-0.25, -0.2) is 18.7 Å². The van der Waals surface area contributed by atoms with Crippen LogP contribution in [0.15, 0.2) is 18.2 Å². The summed E-state index contributed by atoms with van der Waals surface area (Å²) in [5.41, 5.74) is 0.128. The predicted molar refractivity (Wildman–Crippen MR) is 73.2 cm³/mol. The number of rotatable bonds is 5. The highest BCUT2D eigenvalue weighted by Gasteiger charge is 2.46. The Morgan fingerprint density at radius 2 is 2.00 bits per heavy atom. The topological polar surface area (TPSA) is 37.8 Å². The first-order valence-electron chi connectivity index (χ1n) is 6.24. The van der Waals surface area contributed by atoms with E-state index in [0.29, 0.717) is 23.4 Å². The van der Waals surface area contributed by atoms with Crippen molar-refractivity contribution in [2.45, 2.75) is 25.7 Å². The van der Waals surface area contributed by atoms with Gasteiger partial charge in [-0.1, -0.05) is 18.5 Å². The van der Waals surface area contributed by atoms with Crippen LogP contribution in [0.25, 0.3) is 10.9 Å². The van der Waals surface area contributed by atoms with Gasteiger partial charge in [-0.15, -0.1) is 0 Å². The van der Waals surface area contributed by atoms with Gasteiger partial charge in [0.1, 0.15) is 5.82 Å². The van der Waals surface area contributed by atoms with Gasteiger partial charge in [0.2, 0.25) is 5.82 Å². The molecule has 2 rings (SSSR count). The third kappa shape index (κ3) is 3.18. The van der Waals surface area contributed by atoms with Crippen LogP contribution in [0.2, 0.25) is 5.02 Å². The number of aromatic nitrogens is 2. The molecule has 0 unspecified atom stereocenters. The minimum Gasteiger partial charge on any atom is -0.369 e. The van der Waals surface area contributed by atoms with Gasteiger partial charge in [0.15, 0.2) is 0 Å². The number of hydrogen-bond acceptors (Lipinski definition) is 3. The molecule has 8 heteroatoms. The van der Waals surface area contributed by atoms with Crippen LogP contribution in [-0.4, -0.2) is 22.9 Å². The van der Waals surface area contributed by atoms with E-state index in [-0.39, 0.29) is 11.3 Å². The van der Waals surface area contributed by atoms with Gasteiger partial charge < -0.3 is 5.32 Å². The molecule has 0 fully saturated rings. The number of hydrogen-bond donors (Lipinski definition) is 1. The molecule has 0 bridgehead atoms. The summed E-state index contributed by atoms with van der Waals surface area (Å²) in [7, 11) is 0. The Bertz CT molecular complexity index is 649. The molecule has 21 heavy (non-hydrogen) atoms. The van der Waals surface area contributed by atoms with E-state index in [4.69, 9.17) is 11.6 Å². The van der Waals surface area contributed by atoms with Gasteiger partial charge in [0, 0.05) is 17.0 Å². The van der Waals surface area contributed by atoms with Crippen LogP contribution in [-0.2, 0) is 5.92 Å². The first kappa shape index (κ1) is 15.8. The number of benzene rings is 1. The molecule has 0 saturated heterocycles.